The van der Waals surface area contributed by atoms with Gasteiger partial charge in [-0.1, -0.05) is 0 Å². The molecule has 0 saturated carbocycles. The molecule has 0 atom stereocenters. The quantitative estimate of drug-likeness (QED) is 0.597. The lowest BCUT2D eigenvalue weighted by molar-refractivity contribution is -0.143. The summed E-state index contributed by atoms with van der Waals surface area (Å²) in [5.41, 5.74) is -1.60. The zero-order chi connectivity index (χ0) is 12.3. The minimum absolute atomic E-state index is 0.372. The van der Waals surface area contributed by atoms with Gasteiger partial charge < -0.3 is 4.74 Å². The molecule has 0 N–H and O–H groups in total. The molecule has 16 heavy (non-hydrogen) atoms. The lowest BCUT2D eigenvalue weighted by atomic mass is 10.1. The summed E-state index contributed by atoms with van der Waals surface area (Å²) in [4.78, 5) is 17.3. The number of ether oxygens (including phenoxy) is 1. The molecule has 0 amide bonds. The first-order chi connectivity index (χ1) is 7.34. The van der Waals surface area contributed by atoms with Crippen LogP contribution in [0.5, 0.6) is 0 Å². The van der Waals surface area contributed by atoms with Gasteiger partial charge in [-0.15, -0.1) is 0 Å². The van der Waals surface area contributed by atoms with Crippen LogP contribution in [-0.2, 0) is 22.1 Å². The number of hydrogen-bond donors (Lipinski definition) is 0. The predicted octanol–water partition coefficient (Wildman–Crippen LogP) is 1.86. The lowest BCUT2D eigenvalue weighted by Crippen LogP contribution is -2.16. The molecule has 1 aromatic heterocycles. The molecule has 0 unspecified atom stereocenters. The third kappa shape index (κ3) is 3.06. The third-order valence-corrected chi connectivity index (χ3v) is 1.85. The average Bonchev–Trinajstić information content (AvgIpc) is 2.19. The Bertz CT molecular complexity index is 409. The smallest absolute Gasteiger partial charge is 0.433 e. The van der Waals surface area contributed by atoms with Gasteiger partial charge in [-0.2, -0.15) is 13.2 Å². The number of hydrogen-bond acceptors (Lipinski definition) is 4. The molecule has 1 rings (SSSR count). The number of carbonyl (C=O) groups excluding carboxylic acids is 1. The summed E-state index contributed by atoms with van der Waals surface area (Å²) >= 11 is 5.25. The van der Waals surface area contributed by atoms with Crippen LogP contribution in [0.25, 0.3) is 0 Å². The van der Waals surface area contributed by atoms with E-state index in [0.29, 0.717) is 0 Å². The molecule has 88 valence electrons. The number of alkyl halides is 3. The van der Waals surface area contributed by atoms with E-state index in [2.05, 4.69) is 14.7 Å². The van der Waals surface area contributed by atoms with Crippen molar-refractivity contribution in [2.24, 2.45) is 0 Å². The van der Waals surface area contributed by atoms with Gasteiger partial charge in [0.1, 0.15) is 0 Å². The Kier molecular flexibility index (Phi) is 3.69. The fourth-order valence-electron chi connectivity index (χ4n) is 0.988. The van der Waals surface area contributed by atoms with Crippen molar-refractivity contribution < 1.29 is 22.7 Å². The van der Waals surface area contributed by atoms with Crippen LogP contribution in [-0.4, -0.2) is 23.0 Å². The van der Waals surface area contributed by atoms with E-state index in [0.717, 1.165) is 13.3 Å². The maximum absolute atomic E-state index is 12.5. The van der Waals surface area contributed by atoms with Gasteiger partial charge in [0.2, 0.25) is 5.28 Å². The first kappa shape index (κ1) is 12.7. The van der Waals surface area contributed by atoms with Crippen molar-refractivity contribution in [3.8, 4) is 0 Å². The molecule has 0 spiro atoms. The maximum Gasteiger partial charge on any atom is 0.433 e. The second-order valence-electron chi connectivity index (χ2n) is 2.76. The van der Waals surface area contributed by atoms with Crippen LogP contribution in [0.1, 0.15) is 11.3 Å². The van der Waals surface area contributed by atoms with E-state index >= 15 is 0 Å². The van der Waals surface area contributed by atoms with Crippen molar-refractivity contribution in [2.75, 3.05) is 7.11 Å². The Morgan fingerprint density at radius 2 is 2.19 bits per heavy atom. The average molecular weight is 255 g/mol. The summed E-state index contributed by atoms with van der Waals surface area (Å²) < 4.78 is 41.7. The fourth-order valence-corrected chi connectivity index (χ4v) is 1.12. The molecule has 0 aliphatic carbocycles. The number of methoxy groups -OCH3 is 1. The Balaban J connectivity index is 3.13. The van der Waals surface area contributed by atoms with Crippen molar-refractivity contribution >= 4 is 17.6 Å². The van der Waals surface area contributed by atoms with Gasteiger partial charge in [0.05, 0.1) is 13.5 Å². The highest BCUT2D eigenvalue weighted by Gasteiger charge is 2.36. The van der Waals surface area contributed by atoms with Crippen molar-refractivity contribution in [2.45, 2.75) is 12.6 Å². The topological polar surface area (TPSA) is 52.1 Å². The number of esters is 1. The standard InChI is InChI=1S/C8H6ClF3N2O2/c1-16-5(15)2-4-3-13-7(9)14-6(4)8(10,11)12/h3H,2H2,1H3. The summed E-state index contributed by atoms with van der Waals surface area (Å²) in [6, 6.07) is 0. The summed E-state index contributed by atoms with van der Waals surface area (Å²) in [5, 5.41) is -0.527. The van der Waals surface area contributed by atoms with E-state index in [1.165, 1.54) is 0 Å². The van der Waals surface area contributed by atoms with E-state index in [9.17, 15) is 18.0 Å². The summed E-state index contributed by atoms with van der Waals surface area (Å²) in [6.45, 7) is 0. The molecule has 0 saturated heterocycles. The van der Waals surface area contributed by atoms with Gasteiger partial charge in [-0.25, -0.2) is 9.97 Å². The van der Waals surface area contributed by atoms with E-state index in [1.54, 1.807) is 0 Å². The Morgan fingerprint density at radius 3 is 2.69 bits per heavy atom. The molecule has 0 aliphatic rings. The van der Waals surface area contributed by atoms with Gasteiger partial charge in [-0.3, -0.25) is 4.79 Å². The maximum atomic E-state index is 12.5. The fraction of sp³-hybridized carbons (Fsp3) is 0.375. The van der Waals surface area contributed by atoms with E-state index in [-0.39, 0.29) is 5.56 Å². The van der Waals surface area contributed by atoms with Gasteiger partial charge >= 0.3 is 12.1 Å². The molecule has 1 heterocycles. The zero-order valence-electron chi connectivity index (χ0n) is 8.01. The van der Waals surface area contributed by atoms with E-state index in [4.69, 9.17) is 11.6 Å². The van der Waals surface area contributed by atoms with Crippen LogP contribution in [0.15, 0.2) is 6.20 Å². The highest BCUT2D eigenvalue weighted by atomic mass is 35.5. The minimum atomic E-state index is -4.68. The summed E-state index contributed by atoms with van der Waals surface area (Å²) in [5.74, 6) is -0.809. The van der Waals surface area contributed by atoms with Crippen molar-refractivity contribution in [1.82, 2.24) is 9.97 Å². The van der Waals surface area contributed by atoms with Crippen LogP contribution in [0, 0.1) is 0 Å². The number of aromatic nitrogens is 2. The van der Waals surface area contributed by atoms with Gasteiger partial charge in [0.25, 0.3) is 0 Å². The number of nitrogens with zero attached hydrogens (tertiary/aromatic N) is 2. The molecule has 0 radical (unpaired) electrons. The van der Waals surface area contributed by atoms with Gasteiger partial charge in [-0.05, 0) is 11.6 Å². The molecule has 0 aromatic carbocycles. The molecular formula is C8H6ClF3N2O2. The lowest BCUT2D eigenvalue weighted by Gasteiger charge is -2.10. The number of rotatable bonds is 2. The third-order valence-electron chi connectivity index (χ3n) is 1.67. The molecule has 1 aromatic rings. The SMILES string of the molecule is COC(=O)Cc1cnc(Cl)nc1C(F)(F)F. The van der Waals surface area contributed by atoms with Crippen LogP contribution in [0.3, 0.4) is 0 Å². The molecule has 0 aliphatic heterocycles. The largest absolute Gasteiger partial charge is 0.469 e. The van der Waals surface area contributed by atoms with Gasteiger partial charge in [0, 0.05) is 11.8 Å². The Hall–Kier alpha value is -1.37. The number of carbonyl (C=O) groups is 1. The van der Waals surface area contributed by atoms with Crippen LogP contribution in [0.4, 0.5) is 13.2 Å². The van der Waals surface area contributed by atoms with Crippen molar-refractivity contribution in [3.05, 3.63) is 22.7 Å². The highest BCUT2D eigenvalue weighted by Crippen LogP contribution is 2.30. The second kappa shape index (κ2) is 4.65. The first-order valence-corrected chi connectivity index (χ1v) is 4.38. The minimum Gasteiger partial charge on any atom is -0.469 e. The normalized spacial score (nSPS) is 11.3. The van der Waals surface area contributed by atoms with E-state index < -0.39 is 29.5 Å². The Morgan fingerprint density at radius 1 is 1.56 bits per heavy atom. The van der Waals surface area contributed by atoms with E-state index in [1.807, 2.05) is 0 Å². The molecule has 0 bridgehead atoms. The predicted molar refractivity (Wildman–Crippen MR) is 47.8 cm³/mol. The molecule has 4 nitrogen and oxygen atoms in total. The highest BCUT2D eigenvalue weighted by molar-refractivity contribution is 6.28. The second-order valence-corrected chi connectivity index (χ2v) is 3.10. The van der Waals surface area contributed by atoms with Crippen LogP contribution in [0.2, 0.25) is 5.28 Å². The van der Waals surface area contributed by atoms with Crippen LogP contribution >= 0.6 is 11.6 Å². The Labute approximate surface area is 93.4 Å². The molecule has 8 heteroatoms. The van der Waals surface area contributed by atoms with Gasteiger partial charge in [0.15, 0.2) is 5.69 Å². The monoisotopic (exact) mass is 254 g/mol. The van der Waals surface area contributed by atoms with Crippen molar-refractivity contribution in [1.29, 1.82) is 0 Å². The summed E-state index contributed by atoms with van der Waals surface area (Å²) in [6.07, 6.45) is -4.38. The summed E-state index contributed by atoms with van der Waals surface area (Å²) in [7, 11) is 1.08. The first-order valence-electron chi connectivity index (χ1n) is 4.00. The zero-order valence-corrected chi connectivity index (χ0v) is 8.76. The number of halogens is 4. The van der Waals surface area contributed by atoms with Crippen LogP contribution < -0.4 is 0 Å². The molecular weight excluding hydrogens is 249 g/mol. The van der Waals surface area contributed by atoms with Crippen molar-refractivity contribution in [3.63, 3.8) is 0 Å². The molecule has 0 fully saturated rings.